The lowest BCUT2D eigenvalue weighted by atomic mass is 9.81. The molecule has 3 atom stereocenters. The highest BCUT2D eigenvalue weighted by molar-refractivity contribution is 7.10. The van der Waals surface area contributed by atoms with Gasteiger partial charge in [-0.3, -0.25) is 14.7 Å². The predicted octanol–water partition coefficient (Wildman–Crippen LogP) is 4.99. The van der Waals surface area contributed by atoms with Crippen molar-refractivity contribution < 1.29 is 24.1 Å². The Morgan fingerprint density at radius 1 is 1.43 bits per heavy atom. The van der Waals surface area contributed by atoms with Crippen LogP contribution < -0.4 is 4.74 Å². The standard InChI is InChI=1S/C26H26ClFN2O4S/c1-34-18-5-6-23-20(12-18)25(22(27)13-29-23)24(31)7-4-16-8-10-30(14-21(16)26(32)33)9-2-3-19-11-17(28)15-35-19/h5-6,11-13,15-16,21,24,31H,4,7-10,14H2,1H3,(H,32,33)/t16?,21?,24-/m1/s1. The minimum Gasteiger partial charge on any atom is -0.497 e. The van der Waals surface area contributed by atoms with Gasteiger partial charge < -0.3 is 14.9 Å². The van der Waals surface area contributed by atoms with Gasteiger partial charge in [0.05, 0.1) is 41.1 Å². The van der Waals surface area contributed by atoms with Gasteiger partial charge >= 0.3 is 5.97 Å². The van der Waals surface area contributed by atoms with Crippen molar-refractivity contribution in [1.82, 2.24) is 9.88 Å². The number of nitrogens with zero attached hydrogens (tertiary/aromatic N) is 2. The van der Waals surface area contributed by atoms with E-state index in [1.54, 1.807) is 19.2 Å². The maximum Gasteiger partial charge on any atom is 0.308 e. The molecule has 1 aromatic carbocycles. The molecular formula is C26H26ClFN2O4S. The van der Waals surface area contributed by atoms with Gasteiger partial charge in [-0.05, 0) is 49.9 Å². The number of methoxy groups -OCH3 is 1. The molecule has 0 spiro atoms. The molecule has 35 heavy (non-hydrogen) atoms. The average molecular weight is 517 g/mol. The van der Waals surface area contributed by atoms with Crippen LogP contribution in [0.5, 0.6) is 5.75 Å². The van der Waals surface area contributed by atoms with Crippen molar-refractivity contribution in [2.75, 3.05) is 26.7 Å². The molecule has 0 bridgehead atoms. The van der Waals surface area contributed by atoms with Gasteiger partial charge in [0.1, 0.15) is 11.6 Å². The third-order valence-electron chi connectivity index (χ3n) is 6.45. The van der Waals surface area contributed by atoms with Gasteiger partial charge in [0.2, 0.25) is 0 Å². The van der Waals surface area contributed by atoms with E-state index in [9.17, 15) is 19.4 Å². The molecule has 184 valence electrons. The number of hydrogen-bond donors (Lipinski definition) is 2. The molecule has 2 unspecified atom stereocenters. The number of aliphatic hydroxyl groups is 1. The molecule has 4 rings (SSSR count). The maximum absolute atomic E-state index is 13.1. The van der Waals surface area contributed by atoms with Crippen LogP contribution in [0, 0.1) is 29.5 Å². The Balaban J connectivity index is 1.41. The van der Waals surface area contributed by atoms with Crippen molar-refractivity contribution in [3.05, 3.63) is 57.1 Å². The third-order valence-corrected chi connectivity index (χ3v) is 7.57. The first-order chi connectivity index (χ1) is 16.9. The number of fused-ring (bicyclic) bond motifs is 1. The first-order valence-electron chi connectivity index (χ1n) is 11.3. The van der Waals surface area contributed by atoms with Crippen LogP contribution in [0.25, 0.3) is 10.9 Å². The highest BCUT2D eigenvalue weighted by Gasteiger charge is 2.34. The summed E-state index contributed by atoms with van der Waals surface area (Å²) in [7, 11) is 1.57. The molecule has 1 saturated heterocycles. The Morgan fingerprint density at radius 2 is 2.26 bits per heavy atom. The molecule has 6 nitrogen and oxygen atoms in total. The summed E-state index contributed by atoms with van der Waals surface area (Å²) in [5.41, 5.74) is 1.28. The second-order valence-corrected chi connectivity index (χ2v) is 9.97. The summed E-state index contributed by atoms with van der Waals surface area (Å²) in [6, 6.07) is 6.81. The van der Waals surface area contributed by atoms with E-state index < -0.39 is 18.0 Å². The fourth-order valence-corrected chi connectivity index (χ4v) is 5.50. The van der Waals surface area contributed by atoms with E-state index in [0.717, 1.165) is 5.39 Å². The molecule has 1 aliphatic heterocycles. The molecule has 3 aromatic rings. The highest BCUT2D eigenvalue weighted by atomic mass is 35.5. The van der Waals surface area contributed by atoms with E-state index in [-0.39, 0.29) is 11.7 Å². The number of halogens is 2. The zero-order valence-corrected chi connectivity index (χ0v) is 20.8. The van der Waals surface area contributed by atoms with Gasteiger partial charge in [-0.25, -0.2) is 4.39 Å². The van der Waals surface area contributed by atoms with Crippen LogP contribution in [0.15, 0.2) is 35.8 Å². The number of rotatable bonds is 7. The number of likely N-dealkylation sites (tertiary alicyclic amines) is 1. The van der Waals surface area contributed by atoms with Crippen LogP contribution >= 0.6 is 22.9 Å². The quantitative estimate of drug-likeness (QED) is 0.431. The Labute approximate surface area is 212 Å². The largest absolute Gasteiger partial charge is 0.497 e. The molecule has 0 radical (unpaired) electrons. The molecule has 1 aliphatic rings. The zero-order chi connectivity index (χ0) is 24.9. The van der Waals surface area contributed by atoms with Gasteiger partial charge in [-0.15, -0.1) is 11.3 Å². The minimum atomic E-state index is -0.857. The number of hydrogen-bond acceptors (Lipinski definition) is 6. The predicted molar refractivity (Wildman–Crippen MR) is 134 cm³/mol. The summed E-state index contributed by atoms with van der Waals surface area (Å²) >= 11 is 7.66. The summed E-state index contributed by atoms with van der Waals surface area (Å²) in [5, 5.41) is 23.4. The minimum absolute atomic E-state index is 0.0702. The average Bonchev–Trinajstić information content (AvgIpc) is 3.27. The van der Waals surface area contributed by atoms with Gasteiger partial charge in [-0.1, -0.05) is 23.4 Å². The first-order valence-corrected chi connectivity index (χ1v) is 12.6. The van der Waals surface area contributed by atoms with Crippen LogP contribution in [0.2, 0.25) is 5.02 Å². The molecule has 0 saturated carbocycles. The number of carboxylic acids is 1. The zero-order valence-electron chi connectivity index (χ0n) is 19.2. The van der Waals surface area contributed by atoms with Crippen LogP contribution in [-0.4, -0.2) is 52.8 Å². The van der Waals surface area contributed by atoms with E-state index in [1.807, 2.05) is 11.0 Å². The normalized spacial score (nSPS) is 19.2. The van der Waals surface area contributed by atoms with Crippen LogP contribution in [-0.2, 0) is 4.79 Å². The molecular weight excluding hydrogens is 491 g/mol. The summed E-state index contributed by atoms with van der Waals surface area (Å²) < 4.78 is 18.4. The fourth-order valence-electron chi connectivity index (χ4n) is 4.60. The number of carbonyl (C=O) groups is 1. The van der Waals surface area contributed by atoms with E-state index in [2.05, 4.69) is 16.8 Å². The Morgan fingerprint density at radius 3 is 2.97 bits per heavy atom. The SMILES string of the molecule is COc1ccc2ncc(Cl)c([C@H](O)CCC3CCN(CC#Cc4cc(F)cs4)CC3C(=O)O)c2c1. The van der Waals surface area contributed by atoms with E-state index in [4.69, 9.17) is 16.3 Å². The lowest BCUT2D eigenvalue weighted by Crippen LogP contribution is -2.44. The number of carboxylic acid groups (broad SMARTS) is 1. The molecule has 9 heteroatoms. The number of piperidine rings is 1. The van der Waals surface area contributed by atoms with E-state index in [0.29, 0.717) is 65.6 Å². The first kappa shape index (κ1) is 25.4. The molecule has 3 heterocycles. The van der Waals surface area contributed by atoms with Gasteiger partial charge in [-0.2, -0.15) is 0 Å². The van der Waals surface area contributed by atoms with E-state index >= 15 is 0 Å². The summed E-state index contributed by atoms with van der Waals surface area (Å²) in [4.78, 5) is 19.0. The summed E-state index contributed by atoms with van der Waals surface area (Å²) in [6.07, 6.45) is 2.30. The van der Waals surface area contributed by atoms with Crippen LogP contribution in [0.1, 0.15) is 35.8 Å². The molecule has 1 fully saturated rings. The van der Waals surface area contributed by atoms with Crippen molar-refractivity contribution >= 4 is 39.8 Å². The molecule has 2 aromatic heterocycles. The monoisotopic (exact) mass is 516 g/mol. The smallest absolute Gasteiger partial charge is 0.308 e. The number of aliphatic hydroxyl groups excluding tert-OH is 1. The lowest BCUT2D eigenvalue weighted by Gasteiger charge is -2.36. The number of thiophene rings is 1. The van der Waals surface area contributed by atoms with Crippen LogP contribution in [0.4, 0.5) is 4.39 Å². The number of benzene rings is 1. The lowest BCUT2D eigenvalue weighted by molar-refractivity contribution is -0.146. The summed E-state index contributed by atoms with van der Waals surface area (Å²) in [6.45, 7) is 1.53. The van der Waals surface area contributed by atoms with Crippen molar-refractivity contribution in [2.45, 2.75) is 25.4 Å². The van der Waals surface area contributed by atoms with E-state index in [1.165, 1.54) is 29.0 Å². The fraction of sp³-hybridized carbons (Fsp3) is 0.385. The highest BCUT2D eigenvalue weighted by Crippen LogP contribution is 2.36. The third kappa shape index (κ3) is 6.11. The van der Waals surface area contributed by atoms with Gasteiger partial charge in [0.15, 0.2) is 0 Å². The van der Waals surface area contributed by atoms with Crippen molar-refractivity contribution in [1.29, 1.82) is 0 Å². The topological polar surface area (TPSA) is 82.9 Å². The second-order valence-electron chi connectivity index (χ2n) is 8.66. The maximum atomic E-state index is 13.1. The summed E-state index contributed by atoms with van der Waals surface area (Å²) in [5.74, 6) is 4.82. The van der Waals surface area contributed by atoms with Gasteiger partial charge in [0, 0.05) is 35.1 Å². The number of aromatic nitrogens is 1. The van der Waals surface area contributed by atoms with Crippen molar-refractivity contribution in [3.63, 3.8) is 0 Å². The van der Waals surface area contributed by atoms with Gasteiger partial charge in [0.25, 0.3) is 0 Å². The Hall–Kier alpha value is -2.70. The number of ether oxygens (including phenoxy) is 1. The number of pyridine rings is 1. The Bertz CT molecular complexity index is 1270. The second kappa shape index (κ2) is 11.4. The molecule has 0 aliphatic carbocycles. The Kier molecular flexibility index (Phi) is 8.24. The number of aliphatic carboxylic acids is 1. The van der Waals surface area contributed by atoms with Crippen LogP contribution in [0.3, 0.4) is 0 Å². The molecule has 0 amide bonds. The molecule has 2 N–H and O–H groups in total. The van der Waals surface area contributed by atoms with Crippen molar-refractivity contribution in [3.8, 4) is 17.6 Å². The van der Waals surface area contributed by atoms with Crippen molar-refractivity contribution in [2.24, 2.45) is 11.8 Å².